The SMILES string of the molecule is CN(CCCCCO)S(=O)(=O)c1ccc2c(c1)OCCO2. The van der Waals surface area contributed by atoms with Gasteiger partial charge in [0.2, 0.25) is 10.0 Å². The topological polar surface area (TPSA) is 76.1 Å². The second kappa shape index (κ2) is 7.11. The summed E-state index contributed by atoms with van der Waals surface area (Å²) in [5.74, 6) is 1.04. The van der Waals surface area contributed by atoms with Gasteiger partial charge in [0.1, 0.15) is 13.2 Å². The molecule has 21 heavy (non-hydrogen) atoms. The maximum absolute atomic E-state index is 12.5. The van der Waals surface area contributed by atoms with Crippen molar-refractivity contribution >= 4 is 10.0 Å². The van der Waals surface area contributed by atoms with Crippen molar-refractivity contribution in [2.75, 3.05) is 33.4 Å². The van der Waals surface area contributed by atoms with Crippen LogP contribution in [0.5, 0.6) is 11.5 Å². The average Bonchev–Trinajstić information content (AvgIpc) is 2.50. The van der Waals surface area contributed by atoms with Crippen LogP contribution in [0.25, 0.3) is 0 Å². The fourth-order valence-electron chi connectivity index (χ4n) is 2.11. The van der Waals surface area contributed by atoms with Crippen LogP contribution in [0.3, 0.4) is 0 Å². The van der Waals surface area contributed by atoms with Crippen LogP contribution < -0.4 is 9.47 Å². The molecule has 0 saturated heterocycles. The van der Waals surface area contributed by atoms with Gasteiger partial charge in [-0.1, -0.05) is 0 Å². The summed E-state index contributed by atoms with van der Waals surface area (Å²) in [4.78, 5) is 0.205. The summed E-state index contributed by atoms with van der Waals surface area (Å²) in [6.07, 6.45) is 2.22. The highest BCUT2D eigenvalue weighted by Crippen LogP contribution is 2.32. The number of rotatable bonds is 7. The largest absolute Gasteiger partial charge is 0.486 e. The fourth-order valence-corrected chi connectivity index (χ4v) is 3.33. The van der Waals surface area contributed by atoms with E-state index in [0.717, 1.165) is 12.8 Å². The lowest BCUT2D eigenvalue weighted by Crippen LogP contribution is -2.28. The van der Waals surface area contributed by atoms with Gasteiger partial charge in [-0.05, 0) is 31.4 Å². The first-order chi connectivity index (χ1) is 10.1. The maximum atomic E-state index is 12.5. The Kier molecular flexibility index (Phi) is 5.44. The molecule has 118 valence electrons. The van der Waals surface area contributed by atoms with Gasteiger partial charge >= 0.3 is 0 Å². The second-order valence-electron chi connectivity index (χ2n) is 4.92. The Morgan fingerprint density at radius 1 is 1.14 bits per heavy atom. The van der Waals surface area contributed by atoms with Crippen LogP contribution in [0.15, 0.2) is 23.1 Å². The van der Waals surface area contributed by atoms with Crippen LogP contribution in [-0.2, 0) is 10.0 Å². The van der Waals surface area contributed by atoms with Crippen LogP contribution in [0.1, 0.15) is 19.3 Å². The minimum atomic E-state index is -3.52. The number of fused-ring (bicyclic) bond motifs is 1. The second-order valence-corrected chi connectivity index (χ2v) is 6.96. The lowest BCUT2D eigenvalue weighted by Gasteiger charge is -2.21. The zero-order valence-electron chi connectivity index (χ0n) is 12.1. The first-order valence-corrected chi connectivity index (χ1v) is 8.46. The van der Waals surface area contributed by atoms with E-state index >= 15 is 0 Å². The number of aliphatic hydroxyl groups excluding tert-OH is 1. The Morgan fingerprint density at radius 3 is 2.57 bits per heavy atom. The van der Waals surface area contributed by atoms with E-state index in [1.54, 1.807) is 13.1 Å². The maximum Gasteiger partial charge on any atom is 0.242 e. The predicted octanol–water partition coefficient (Wildman–Crippen LogP) is 1.24. The molecule has 0 bridgehead atoms. The van der Waals surface area contributed by atoms with Crippen LogP contribution in [-0.4, -0.2) is 51.2 Å². The summed E-state index contributed by atoms with van der Waals surface area (Å²) in [6.45, 7) is 1.47. The van der Waals surface area contributed by atoms with Crippen molar-refractivity contribution in [3.63, 3.8) is 0 Å². The van der Waals surface area contributed by atoms with E-state index in [4.69, 9.17) is 14.6 Å². The Bertz CT molecular complexity index is 573. The molecule has 1 heterocycles. The minimum absolute atomic E-state index is 0.138. The van der Waals surface area contributed by atoms with E-state index in [2.05, 4.69) is 0 Å². The Labute approximate surface area is 125 Å². The molecule has 1 aliphatic heterocycles. The molecule has 0 unspecified atom stereocenters. The molecule has 0 saturated carbocycles. The lowest BCUT2D eigenvalue weighted by molar-refractivity contribution is 0.171. The van der Waals surface area contributed by atoms with Gasteiger partial charge in [0, 0.05) is 26.3 Å². The molecule has 0 fully saturated rings. The predicted molar refractivity (Wildman–Crippen MR) is 78.2 cm³/mol. The van der Waals surface area contributed by atoms with Gasteiger partial charge in [0.15, 0.2) is 11.5 Å². The van der Waals surface area contributed by atoms with Crippen LogP contribution >= 0.6 is 0 Å². The molecule has 7 heteroatoms. The van der Waals surface area contributed by atoms with E-state index in [1.165, 1.54) is 16.4 Å². The summed E-state index contributed by atoms with van der Waals surface area (Å²) >= 11 is 0. The molecule has 1 aromatic rings. The molecule has 0 radical (unpaired) electrons. The zero-order valence-corrected chi connectivity index (χ0v) is 12.9. The summed E-state index contributed by atoms with van der Waals surface area (Å²) in [5.41, 5.74) is 0. The van der Waals surface area contributed by atoms with Crippen LogP contribution in [0.4, 0.5) is 0 Å². The first-order valence-electron chi connectivity index (χ1n) is 7.02. The van der Waals surface area contributed by atoms with Crippen molar-refractivity contribution < 1.29 is 23.0 Å². The molecule has 0 aliphatic carbocycles. The Morgan fingerprint density at radius 2 is 1.86 bits per heavy atom. The smallest absolute Gasteiger partial charge is 0.242 e. The van der Waals surface area contributed by atoms with Gasteiger partial charge in [-0.15, -0.1) is 0 Å². The Hall–Kier alpha value is -1.31. The molecular weight excluding hydrogens is 294 g/mol. The normalized spacial score (nSPS) is 14.4. The molecule has 2 rings (SSSR count). The number of hydrogen-bond donors (Lipinski definition) is 1. The van der Waals surface area contributed by atoms with Gasteiger partial charge in [-0.3, -0.25) is 0 Å². The molecular formula is C14H21NO5S. The van der Waals surface area contributed by atoms with E-state index in [9.17, 15) is 8.42 Å². The van der Waals surface area contributed by atoms with Crippen molar-refractivity contribution in [1.82, 2.24) is 4.31 Å². The molecule has 1 N–H and O–H groups in total. The number of sulfonamides is 1. The molecule has 0 amide bonds. The van der Waals surface area contributed by atoms with Gasteiger partial charge < -0.3 is 14.6 Å². The van der Waals surface area contributed by atoms with Crippen molar-refractivity contribution in [1.29, 1.82) is 0 Å². The number of hydrogen-bond acceptors (Lipinski definition) is 5. The van der Waals surface area contributed by atoms with Crippen molar-refractivity contribution in [3.05, 3.63) is 18.2 Å². The number of benzene rings is 1. The van der Waals surface area contributed by atoms with Gasteiger partial charge in [0.05, 0.1) is 4.90 Å². The molecule has 1 aromatic carbocycles. The van der Waals surface area contributed by atoms with Crippen LogP contribution in [0.2, 0.25) is 0 Å². The van der Waals surface area contributed by atoms with Crippen molar-refractivity contribution in [3.8, 4) is 11.5 Å². The monoisotopic (exact) mass is 315 g/mol. The highest BCUT2D eigenvalue weighted by molar-refractivity contribution is 7.89. The van der Waals surface area contributed by atoms with Gasteiger partial charge in [-0.25, -0.2) is 12.7 Å². The standard InChI is InChI=1S/C14H21NO5S/c1-15(7-3-2-4-8-16)21(17,18)12-5-6-13-14(11-12)20-10-9-19-13/h5-6,11,16H,2-4,7-10H2,1H3. The van der Waals surface area contributed by atoms with Crippen LogP contribution in [0, 0.1) is 0 Å². The fraction of sp³-hybridized carbons (Fsp3) is 0.571. The van der Waals surface area contributed by atoms with Gasteiger partial charge in [-0.2, -0.15) is 0 Å². The van der Waals surface area contributed by atoms with E-state index < -0.39 is 10.0 Å². The number of ether oxygens (including phenoxy) is 2. The third-order valence-electron chi connectivity index (χ3n) is 3.35. The van der Waals surface area contributed by atoms with E-state index in [-0.39, 0.29) is 11.5 Å². The first kappa shape index (κ1) is 16.1. The Balaban J connectivity index is 2.08. The molecule has 0 spiro atoms. The highest BCUT2D eigenvalue weighted by atomic mass is 32.2. The molecule has 1 aliphatic rings. The highest BCUT2D eigenvalue weighted by Gasteiger charge is 2.23. The summed E-state index contributed by atoms with van der Waals surface area (Å²) in [5, 5.41) is 8.72. The van der Waals surface area contributed by atoms with Gasteiger partial charge in [0.25, 0.3) is 0 Å². The molecule has 6 nitrogen and oxygen atoms in total. The third-order valence-corrected chi connectivity index (χ3v) is 5.21. The van der Waals surface area contributed by atoms with E-state index in [1.807, 2.05) is 0 Å². The molecule has 0 aromatic heterocycles. The van der Waals surface area contributed by atoms with E-state index in [0.29, 0.717) is 37.7 Å². The summed E-state index contributed by atoms with van der Waals surface area (Å²) in [6, 6.07) is 4.67. The number of aliphatic hydroxyl groups is 1. The lowest BCUT2D eigenvalue weighted by atomic mass is 10.2. The number of nitrogens with zero attached hydrogens (tertiary/aromatic N) is 1. The van der Waals surface area contributed by atoms with Crippen molar-refractivity contribution in [2.45, 2.75) is 24.2 Å². The molecule has 0 atom stereocenters. The average molecular weight is 315 g/mol. The third kappa shape index (κ3) is 3.87. The summed E-state index contributed by atoms with van der Waals surface area (Å²) in [7, 11) is -1.96. The summed E-state index contributed by atoms with van der Waals surface area (Å²) < 4.78 is 37.1. The minimum Gasteiger partial charge on any atom is -0.486 e. The quantitative estimate of drug-likeness (QED) is 0.766. The van der Waals surface area contributed by atoms with Crippen molar-refractivity contribution in [2.24, 2.45) is 0 Å². The zero-order chi connectivity index (χ0) is 15.3. The number of unbranched alkanes of at least 4 members (excludes halogenated alkanes) is 2.